The van der Waals surface area contributed by atoms with Crippen molar-refractivity contribution in [3.05, 3.63) is 12.7 Å². The van der Waals surface area contributed by atoms with Crippen LogP contribution in [0.5, 0.6) is 0 Å². The van der Waals surface area contributed by atoms with Crippen LogP contribution >= 0.6 is 0 Å². The van der Waals surface area contributed by atoms with E-state index < -0.39 is 5.97 Å². The summed E-state index contributed by atoms with van der Waals surface area (Å²) in [6, 6.07) is 0. The standard InChI is InChI=1S/C19H38O3/c1-7-10-12-13-14-15-17-18(9-3,16-11-8-2)19(20-4,21-5)22-6/h9H,3,7-8,10-17H2,1-2,4-6H3. The highest BCUT2D eigenvalue weighted by atomic mass is 16.9. The Hall–Kier alpha value is -0.380. The Morgan fingerprint density at radius 2 is 1.18 bits per heavy atom. The van der Waals surface area contributed by atoms with E-state index in [4.69, 9.17) is 14.2 Å². The fourth-order valence-electron chi connectivity index (χ4n) is 3.33. The molecule has 0 aromatic rings. The summed E-state index contributed by atoms with van der Waals surface area (Å²) in [5, 5.41) is 0. The second-order valence-corrected chi connectivity index (χ2v) is 6.15. The highest BCUT2D eigenvalue weighted by molar-refractivity contribution is 5.01. The predicted octanol–water partition coefficient (Wildman–Crippen LogP) is 5.69. The summed E-state index contributed by atoms with van der Waals surface area (Å²) in [5.74, 6) is -1.03. The molecule has 132 valence electrons. The van der Waals surface area contributed by atoms with Crippen LogP contribution in [0.2, 0.25) is 0 Å². The monoisotopic (exact) mass is 314 g/mol. The van der Waals surface area contributed by atoms with Crippen molar-refractivity contribution in [2.24, 2.45) is 5.41 Å². The second-order valence-electron chi connectivity index (χ2n) is 6.15. The molecule has 0 heterocycles. The molecule has 3 nitrogen and oxygen atoms in total. The number of rotatable bonds is 15. The first-order valence-corrected chi connectivity index (χ1v) is 8.91. The molecule has 0 N–H and O–H groups in total. The first kappa shape index (κ1) is 21.6. The zero-order valence-electron chi connectivity index (χ0n) is 15.6. The van der Waals surface area contributed by atoms with Gasteiger partial charge in [-0.25, -0.2) is 0 Å². The van der Waals surface area contributed by atoms with Gasteiger partial charge >= 0.3 is 0 Å². The second kappa shape index (κ2) is 12.1. The molecular formula is C19H38O3. The summed E-state index contributed by atoms with van der Waals surface area (Å²) >= 11 is 0. The van der Waals surface area contributed by atoms with Crippen molar-refractivity contribution in [2.75, 3.05) is 21.3 Å². The van der Waals surface area contributed by atoms with Gasteiger partial charge in [0.2, 0.25) is 0 Å². The average molecular weight is 315 g/mol. The molecule has 0 saturated carbocycles. The van der Waals surface area contributed by atoms with Crippen LogP contribution in [-0.2, 0) is 14.2 Å². The topological polar surface area (TPSA) is 27.7 Å². The predicted molar refractivity (Wildman–Crippen MR) is 93.9 cm³/mol. The van der Waals surface area contributed by atoms with Crippen molar-refractivity contribution >= 4 is 0 Å². The minimum atomic E-state index is -1.03. The van der Waals surface area contributed by atoms with Crippen molar-refractivity contribution in [1.82, 2.24) is 0 Å². The van der Waals surface area contributed by atoms with E-state index in [-0.39, 0.29) is 5.41 Å². The van der Waals surface area contributed by atoms with E-state index in [0.717, 1.165) is 32.1 Å². The van der Waals surface area contributed by atoms with Gasteiger partial charge in [-0.1, -0.05) is 71.3 Å². The third kappa shape index (κ3) is 5.68. The lowest BCUT2D eigenvalue weighted by atomic mass is 9.75. The molecule has 0 radical (unpaired) electrons. The summed E-state index contributed by atoms with van der Waals surface area (Å²) in [6.45, 7) is 8.53. The lowest BCUT2D eigenvalue weighted by Gasteiger charge is -2.45. The van der Waals surface area contributed by atoms with E-state index in [1.54, 1.807) is 21.3 Å². The molecule has 0 saturated heterocycles. The van der Waals surface area contributed by atoms with Gasteiger partial charge in [-0.05, 0) is 12.8 Å². The Morgan fingerprint density at radius 1 is 0.727 bits per heavy atom. The van der Waals surface area contributed by atoms with E-state index in [1.165, 1.54) is 32.1 Å². The summed E-state index contributed by atoms with van der Waals surface area (Å²) in [7, 11) is 4.95. The van der Waals surface area contributed by atoms with E-state index >= 15 is 0 Å². The largest absolute Gasteiger partial charge is 0.330 e. The highest BCUT2D eigenvalue weighted by Crippen LogP contribution is 2.45. The molecule has 0 aromatic carbocycles. The molecule has 0 aliphatic rings. The van der Waals surface area contributed by atoms with E-state index in [1.807, 2.05) is 6.08 Å². The quantitative estimate of drug-likeness (QED) is 0.221. The lowest BCUT2D eigenvalue weighted by Crippen LogP contribution is -2.52. The molecule has 22 heavy (non-hydrogen) atoms. The van der Waals surface area contributed by atoms with Gasteiger partial charge in [0.1, 0.15) is 0 Å². The smallest absolute Gasteiger partial charge is 0.291 e. The minimum Gasteiger partial charge on any atom is -0.330 e. The van der Waals surface area contributed by atoms with Gasteiger partial charge in [-0.3, -0.25) is 0 Å². The van der Waals surface area contributed by atoms with Gasteiger partial charge in [-0.2, -0.15) is 0 Å². The van der Waals surface area contributed by atoms with Crippen molar-refractivity contribution < 1.29 is 14.2 Å². The normalized spacial score (nSPS) is 14.8. The van der Waals surface area contributed by atoms with Crippen LogP contribution in [-0.4, -0.2) is 27.3 Å². The highest BCUT2D eigenvalue weighted by Gasteiger charge is 2.51. The third-order valence-corrected chi connectivity index (χ3v) is 4.76. The summed E-state index contributed by atoms with van der Waals surface area (Å²) in [5.41, 5.74) is -0.300. The maximum atomic E-state index is 5.67. The van der Waals surface area contributed by atoms with Crippen LogP contribution in [0, 0.1) is 5.41 Å². The number of ether oxygens (including phenoxy) is 3. The van der Waals surface area contributed by atoms with Gasteiger partial charge < -0.3 is 14.2 Å². The molecule has 0 amide bonds. The van der Waals surface area contributed by atoms with E-state index in [9.17, 15) is 0 Å². The number of unbranched alkanes of at least 4 members (excludes halogenated alkanes) is 6. The van der Waals surface area contributed by atoms with Gasteiger partial charge in [0.05, 0.1) is 5.41 Å². The molecular weight excluding hydrogens is 276 g/mol. The van der Waals surface area contributed by atoms with Crippen LogP contribution in [0.4, 0.5) is 0 Å². The lowest BCUT2D eigenvalue weighted by molar-refractivity contribution is -0.399. The molecule has 0 aliphatic carbocycles. The van der Waals surface area contributed by atoms with Gasteiger partial charge in [0, 0.05) is 21.3 Å². The molecule has 0 aromatic heterocycles. The van der Waals surface area contributed by atoms with Crippen molar-refractivity contribution in [1.29, 1.82) is 0 Å². The van der Waals surface area contributed by atoms with Crippen LogP contribution in [0.1, 0.15) is 78.1 Å². The summed E-state index contributed by atoms with van der Waals surface area (Å²) in [4.78, 5) is 0. The van der Waals surface area contributed by atoms with Crippen LogP contribution < -0.4 is 0 Å². The maximum Gasteiger partial charge on any atom is 0.291 e. The third-order valence-electron chi connectivity index (χ3n) is 4.76. The van der Waals surface area contributed by atoms with E-state index in [2.05, 4.69) is 20.4 Å². The van der Waals surface area contributed by atoms with Crippen molar-refractivity contribution in [2.45, 2.75) is 84.0 Å². The Kier molecular flexibility index (Phi) is 11.9. The first-order chi connectivity index (χ1) is 10.6. The Bertz CT molecular complexity index is 266. The summed E-state index contributed by atoms with van der Waals surface area (Å²) in [6.07, 6.45) is 13.8. The van der Waals surface area contributed by atoms with Crippen LogP contribution in [0.25, 0.3) is 0 Å². The van der Waals surface area contributed by atoms with Crippen LogP contribution in [0.3, 0.4) is 0 Å². The Labute approximate surface area is 138 Å². The fourth-order valence-corrected chi connectivity index (χ4v) is 3.33. The Morgan fingerprint density at radius 3 is 1.64 bits per heavy atom. The minimum absolute atomic E-state index is 0.300. The molecule has 0 bridgehead atoms. The number of methoxy groups -OCH3 is 3. The fraction of sp³-hybridized carbons (Fsp3) is 0.895. The SMILES string of the molecule is C=CC(CCCC)(CCCCCCCC)C(OC)(OC)OC. The number of hydrogen-bond acceptors (Lipinski definition) is 3. The zero-order chi connectivity index (χ0) is 16.9. The molecule has 0 aliphatic heterocycles. The molecule has 0 rings (SSSR count). The zero-order valence-corrected chi connectivity index (χ0v) is 15.6. The number of hydrogen-bond donors (Lipinski definition) is 0. The van der Waals surface area contributed by atoms with E-state index in [0.29, 0.717) is 0 Å². The molecule has 0 spiro atoms. The molecule has 1 atom stereocenters. The summed E-state index contributed by atoms with van der Waals surface area (Å²) < 4.78 is 17.0. The van der Waals surface area contributed by atoms with Gasteiger partial charge in [-0.15, -0.1) is 6.58 Å². The van der Waals surface area contributed by atoms with Gasteiger partial charge in [0.15, 0.2) is 0 Å². The Balaban J connectivity index is 4.88. The molecule has 1 unspecified atom stereocenters. The molecule has 3 heteroatoms. The van der Waals surface area contributed by atoms with Gasteiger partial charge in [0.25, 0.3) is 5.97 Å². The molecule has 0 fully saturated rings. The average Bonchev–Trinajstić information content (AvgIpc) is 2.56. The maximum absolute atomic E-state index is 5.67. The first-order valence-electron chi connectivity index (χ1n) is 8.91. The van der Waals surface area contributed by atoms with Crippen LogP contribution in [0.15, 0.2) is 12.7 Å². The van der Waals surface area contributed by atoms with Crippen molar-refractivity contribution in [3.63, 3.8) is 0 Å². The van der Waals surface area contributed by atoms with Crippen molar-refractivity contribution in [3.8, 4) is 0 Å².